The van der Waals surface area contributed by atoms with Crippen molar-refractivity contribution in [3.05, 3.63) is 12.2 Å². The summed E-state index contributed by atoms with van der Waals surface area (Å²) in [5.41, 5.74) is 0. The third-order valence-corrected chi connectivity index (χ3v) is 2.54. The summed E-state index contributed by atoms with van der Waals surface area (Å²) in [4.78, 5) is 34.9. The Bertz CT molecular complexity index is 353. The third-order valence-electron chi connectivity index (χ3n) is 2.54. The van der Waals surface area contributed by atoms with E-state index in [1.807, 2.05) is 41.5 Å². The molecule has 0 bridgehead atoms. The molecule has 1 aliphatic heterocycles. The van der Waals surface area contributed by atoms with Crippen LogP contribution in [0.3, 0.4) is 0 Å². The Labute approximate surface area is 147 Å². The number of likely N-dealkylation sites (tertiary alicyclic amines) is 1. The first-order valence-electron chi connectivity index (χ1n) is 8.84. The van der Waals surface area contributed by atoms with Crippen LogP contribution in [0.15, 0.2) is 12.2 Å². The van der Waals surface area contributed by atoms with Gasteiger partial charge in [0, 0.05) is 31.7 Å². The van der Waals surface area contributed by atoms with Crippen molar-refractivity contribution < 1.29 is 23.9 Å². The van der Waals surface area contributed by atoms with Crippen molar-refractivity contribution >= 4 is 17.8 Å². The largest absolute Gasteiger partial charge is 0.466 e. The van der Waals surface area contributed by atoms with Gasteiger partial charge in [0.25, 0.3) is 0 Å². The first-order chi connectivity index (χ1) is 11.6. The molecule has 142 valence electrons. The van der Waals surface area contributed by atoms with Crippen molar-refractivity contribution in [3.63, 3.8) is 0 Å². The van der Waals surface area contributed by atoms with Crippen LogP contribution in [-0.2, 0) is 23.9 Å². The second kappa shape index (κ2) is 21.1. The van der Waals surface area contributed by atoms with Crippen molar-refractivity contribution in [2.45, 2.75) is 60.8 Å². The van der Waals surface area contributed by atoms with Crippen LogP contribution in [0, 0.1) is 0 Å². The highest BCUT2D eigenvalue weighted by Crippen LogP contribution is 2.09. The Morgan fingerprint density at radius 2 is 1.58 bits per heavy atom. The zero-order valence-corrected chi connectivity index (χ0v) is 16.4. The fourth-order valence-corrected chi connectivity index (χ4v) is 1.62. The molecule has 0 aromatic heterocycles. The molecule has 0 aromatic carbocycles. The molecule has 1 saturated heterocycles. The molecule has 0 spiro atoms. The monoisotopic (exact) mass is 345 g/mol. The Hall–Kier alpha value is -1.85. The molecule has 0 unspecified atom stereocenters. The normalized spacial score (nSPS) is 12.1. The zero-order chi connectivity index (χ0) is 19.4. The lowest BCUT2D eigenvalue weighted by atomic mass is 10.4. The highest BCUT2D eigenvalue weighted by molar-refractivity contribution is 5.91. The second-order valence-electron chi connectivity index (χ2n) is 3.86. The van der Waals surface area contributed by atoms with Gasteiger partial charge in [0.05, 0.1) is 13.7 Å². The van der Waals surface area contributed by atoms with Gasteiger partial charge in [-0.25, -0.2) is 9.59 Å². The maximum atomic E-state index is 11.3. The van der Waals surface area contributed by atoms with Crippen LogP contribution < -0.4 is 0 Å². The topological polar surface area (TPSA) is 72.9 Å². The third kappa shape index (κ3) is 15.1. The molecule has 0 N–H and O–H groups in total. The van der Waals surface area contributed by atoms with E-state index in [1.165, 1.54) is 7.11 Å². The average Bonchev–Trinajstić information content (AvgIpc) is 3.06. The summed E-state index contributed by atoms with van der Waals surface area (Å²) >= 11 is 0. The molecule has 1 aliphatic rings. The summed E-state index contributed by atoms with van der Waals surface area (Å²) < 4.78 is 9.19. The van der Waals surface area contributed by atoms with E-state index in [4.69, 9.17) is 4.74 Å². The highest BCUT2D eigenvalue weighted by Gasteiger charge is 2.19. The van der Waals surface area contributed by atoms with Crippen LogP contribution in [0.5, 0.6) is 0 Å². The molecule has 0 atom stereocenters. The molecular weight excluding hydrogens is 310 g/mol. The number of carbonyl (C=O) groups excluding carboxylic acids is 3. The lowest BCUT2D eigenvalue weighted by Gasteiger charge is -2.14. The van der Waals surface area contributed by atoms with E-state index in [9.17, 15) is 14.4 Å². The van der Waals surface area contributed by atoms with Crippen LogP contribution >= 0.6 is 0 Å². The number of ether oxygens (including phenoxy) is 2. The number of hydrogen-bond donors (Lipinski definition) is 0. The molecule has 1 rings (SSSR count). The minimum atomic E-state index is -0.602. The van der Waals surface area contributed by atoms with Gasteiger partial charge in [-0.2, -0.15) is 0 Å². The van der Waals surface area contributed by atoms with Gasteiger partial charge in [0.2, 0.25) is 5.91 Å². The summed E-state index contributed by atoms with van der Waals surface area (Å²) in [6.07, 6.45) is 4.14. The number of hydrogen-bond acceptors (Lipinski definition) is 5. The van der Waals surface area contributed by atoms with Crippen LogP contribution in [-0.4, -0.2) is 49.6 Å². The first-order valence-corrected chi connectivity index (χ1v) is 8.84. The molecular formula is C18H35NO5. The summed E-state index contributed by atoms with van der Waals surface area (Å²) in [7, 11) is 1.23. The lowest BCUT2D eigenvalue weighted by molar-refractivity contribution is -0.139. The van der Waals surface area contributed by atoms with Crippen LogP contribution in [0.4, 0.5) is 0 Å². The van der Waals surface area contributed by atoms with E-state index in [2.05, 4.69) is 4.74 Å². The zero-order valence-electron chi connectivity index (χ0n) is 16.4. The van der Waals surface area contributed by atoms with Crippen molar-refractivity contribution in [3.8, 4) is 0 Å². The summed E-state index contributed by atoms with van der Waals surface area (Å²) in [5.74, 6) is -1.03. The van der Waals surface area contributed by atoms with Gasteiger partial charge in [-0.05, 0) is 12.8 Å². The van der Waals surface area contributed by atoms with E-state index in [0.717, 1.165) is 25.1 Å². The van der Waals surface area contributed by atoms with Gasteiger partial charge < -0.3 is 14.4 Å². The van der Waals surface area contributed by atoms with E-state index < -0.39 is 11.9 Å². The summed E-state index contributed by atoms with van der Waals surface area (Å²) in [5, 5.41) is 0. The highest BCUT2D eigenvalue weighted by atomic mass is 16.5. The van der Waals surface area contributed by atoms with Gasteiger partial charge in [0.1, 0.15) is 0 Å². The van der Waals surface area contributed by atoms with Gasteiger partial charge in [-0.1, -0.05) is 41.5 Å². The fraction of sp³-hybridized carbons (Fsp3) is 0.722. The Morgan fingerprint density at radius 3 is 2.04 bits per heavy atom. The predicted molar refractivity (Wildman–Crippen MR) is 96.6 cm³/mol. The fourth-order valence-electron chi connectivity index (χ4n) is 1.62. The molecule has 0 aromatic rings. The lowest BCUT2D eigenvalue weighted by Crippen LogP contribution is -2.26. The van der Waals surface area contributed by atoms with Crippen LogP contribution in [0.1, 0.15) is 60.8 Å². The molecule has 0 saturated carbocycles. The Morgan fingerprint density at radius 1 is 1.04 bits per heavy atom. The predicted octanol–water partition coefficient (Wildman–Crippen LogP) is 3.35. The Kier molecular flexibility index (Phi) is 23.8. The minimum Gasteiger partial charge on any atom is -0.466 e. The number of nitrogens with zero attached hydrogens (tertiary/aromatic N) is 1. The number of methoxy groups -OCH3 is 1. The molecule has 6 nitrogen and oxygen atoms in total. The summed E-state index contributed by atoms with van der Waals surface area (Å²) in [6, 6.07) is 0. The smallest absolute Gasteiger partial charge is 0.331 e. The molecule has 0 radical (unpaired) electrons. The van der Waals surface area contributed by atoms with Gasteiger partial charge >= 0.3 is 11.9 Å². The number of carbonyl (C=O) groups is 3. The van der Waals surface area contributed by atoms with Crippen molar-refractivity contribution in [1.82, 2.24) is 4.90 Å². The van der Waals surface area contributed by atoms with Crippen LogP contribution in [0.25, 0.3) is 0 Å². The SMILES string of the molecule is CC.CC.CC.COC(=O)/C=C/C(=O)OCCCN1CCCC1=O. The maximum absolute atomic E-state index is 11.3. The van der Waals surface area contributed by atoms with E-state index in [1.54, 1.807) is 4.90 Å². The van der Waals surface area contributed by atoms with Gasteiger partial charge in [-0.15, -0.1) is 0 Å². The second-order valence-corrected chi connectivity index (χ2v) is 3.86. The van der Waals surface area contributed by atoms with Gasteiger partial charge in [0.15, 0.2) is 0 Å². The van der Waals surface area contributed by atoms with E-state index in [0.29, 0.717) is 19.4 Å². The van der Waals surface area contributed by atoms with Crippen molar-refractivity contribution in [2.75, 3.05) is 26.8 Å². The maximum Gasteiger partial charge on any atom is 0.331 e. The van der Waals surface area contributed by atoms with Crippen molar-refractivity contribution in [2.24, 2.45) is 0 Å². The minimum absolute atomic E-state index is 0.159. The van der Waals surface area contributed by atoms with E-state index >= 15 is 0 Å². The molecule has 24 heavy (non-hydrogen) atoms. The van der Waals surface area contributed by atoms with Crippen LogP contribution in [0.2, 0.25) is 0 Å². The quantitative estimate of drug-likeness (QED) is 0.419. The first kappa shape index (κ1) is 27.0. The molecule has 6 heteroatoms. The number of rotatable bonds is 6. The van der Waals surface area contributed by atoms with E-state index in [-0.39, 0.29) is 12.5 Å². The average molecular weight is 345 g/mol. The Balaban J connectivity index is -0.000000659. The van der Waals surface area contributed by atoms with Gasteiger partial charge in [-0.3, -0.25) is 4.79 Å². The number of esters is 2. The summed E-state index contributed by atoms with van der Waals surface area (Å²) in [6.45, 7) is 13.6. The molecule has 1 heterocycles. The van der Waals surface area contributed by atoms with Crippen molar-refractivity contribution in [1.29, 1.82) is 0 Å². The molecule has 1 fully saturated rings. The molecule has 0 aliphatic carbocycles. The number of amides is 1. The standard InChI is InChI=1S/C12H17NO5.3C2H6/c1-17-11(15)5-6-12(16)18-9-3-8-13-7-2-4-10(13)14;3*1-2/h5-6H,2-4,7-9H2,1H3;3*1-2H3/b6-5+;;;. The molecule has 1 amide bonds.